The Bertz CT molecular complexity index is 927. The van der Waals surface area contributed by atoms with Crippen molar-refractivity contribution in [2.75, 3.05) is 40.9 Å². The van der Waals surface area contributed by atoms with E-state index in [0.29, 0.717) is 17.4 Å². The van der Waals surface area contributed by atoms with Crippen molar-refractivity contribution in [3.8, 4) is 0 Å². The van der Waals surface area contributed by atoms with E-state index in [1.54, 1.807) is 6.08 Å². The molecule has 2 N–H and O–H groups in total. The number of hydrogen-bond acceptors (Lipinski definition) is 6. The molecule has 0 heterocycles. The Labute approximate surface area is 348 Å². The molecule has 0 aromatic heterocycles. The van der Waals surface area contributed by atoms with Crippen LogP contribution in [0.5, 0.6) is 0 Å². The van der Waals surface area contributed by atoms with E-state index in [1.165, 1.54) is 173 Å². The molecule has 0 aromatic carbocycles. The van der Waals surface area contributed by atoms with Crippen molar-refractivity contribution in [3.05, 3.63) is 12.2 Å². The van der Waals surface area contributed by atoms with Gasteiger partial charge in [-0.05, 0) is 19.3 Å². The molecule has 1 amide bonds. The molecule has 0 aliphatic carbocycles. The van der Waals surface area contributed by atoms with Crippen LogP contribution >= 0.6 is 7.82 Å². The summed E-state index contributed by atoms with van der Waals surface area (Å²) in [6, 6.07) is -0.879. The summed E-state index contributed by atoms with van der Waals surface area (Å²) in [6.45, 7) is 4.65. The topological polar surface area (TPSA) is 108 Å². The molecule has 9 heteroatoms. The first-order valence-corrected chi connectivity index (χ1v) is 25.5. The van der Waals surface area contributed by atoms with Crippen LogP contribution in [0.4, 0.5) is 0 Å². The maximum Gasteiger partial charge on any atom is 0.268 e. The molecule has 0 radical (unpaired) electrons. The number of allylic oxidation sites excluding steroid dienone is 1. The number of carbonyl (C=O) groups excluding carboxylic acids is 1. The lowest BCUT2D eigenvalue weighted by Crippen LogP contribution is -2.45. The van der Waals surface area contributed by atoms with Gasteiger partial charge in [-0.2, -0.15) is 0 Å². The van der Waals surface area contributed by atoms with Crippen LogP contribution < -0.4 is 10.2 Å². The van der Waals surface area contributed by atoms with E-state index in [2.05, 4.69) is 19.2 Å². The first-order chi connectivity index (χ1) is 27.0. The van der Waals surface area contributed by atoms with Gasteiger partial charge in [0.2, 0.25) is 5.91 Å². The third-order valence-electron chi connectivity index (χ3n) is 11.0. The van der Waals surface area contributed by atoms with Gasteiger partial charge >= 0.3 is 0 Å². The molecule has 3 atom stereocenters. The van der Waals surface area contributed by atoms with Crippen molar-refractivity contribution in [2.24, 2.45) is 0 Å². The van der Waals surface area contributed by atoms with Crippen LogP contribution in [0.1, 0.15) is 232 Å². The molecule has 56 heavy (non-hydrogen) atoms. The summed E-state index contributed by atoms with van der Waals surface area (Å²) >= 11 is 0. The zero-order valence-corrected chi connectivity index (χ0v) is 38.7. The highest BCUT2D eigenvalue weighted by atomic mass is 31.2. The molecule has 0 saturated carbocycles. The summed E-state index contributed by atoms with van der Waals surface area (Å²) in [4.78, 5) is 25.3. The quantitative estimate of drug-likeness (QED) is 0.0274. The van der Waals surface area contributed by atoms with E-state index < -0.39 is 20.0 Å². The molecule has 0 fully saturated rings. The van der Waals surface area contributed by atoms with Crippen LogP contribution in [-0.2, 0) is 18.4 Å². The second-order valence-corrected chi connectivity index (χ2v) is 19.2. The monoisotopic (exact) mass is 815 g/mol. The standard InChI is InChI=1S/C47H95N2O6P/c1-6-8-10-12-14-16-18-19-20-21-22-23-24-25-26-27-28-29-30-31-33-35-37-39-41-47(51)48-45(44-55-56(52,53)54-43-42-49(3,4)5)46(50)40-38-36-34-32-17-15-13-11-9-7-2/h38,40,45-46,50H,6-37,39,41-44H2,1-5H3,(H-,48,51,52,53)/b40-38+/t45-,46+/m0/s1. The van der Waals surface area contributed by atoms with Gasteiger partial charge in [-0.25, -0.2) is 0 Å². The van der Waals surface area contributed by atoms with E-state index in [9.17, 15) is 19.4 Å². The van der Waals surface area contributed by atoms with Gasteiger partial charge in [0.1, 0.15) is 13.2 Å². The summed E-state index contributed by atoms with van der Waals surface area (Å²) in [5, 5.41) is 13.7. The van der Waals surface area contributed by atoms with Crippen molar-refractivity contribution in [2.45, 2.75) is 244 Å². The zero-order chi connectivity index (χ0) is 41.4. The Morgan fingerprint density at radius 3 is 1.34 bits per heavy atom. The SMILES string of the molecule is CCCCCCCCCC/C=C/[C@@H](O)[C@H](COP(=O)([O-])OCC[N+](C)(C)C)NC(=O)CCCCCCCCCCCCCCCCCCCCCCCCCC. The average Bonchev–Trinajstić information content (AvgIpc) is 3.15. The third-order valence-corrected chi connectivity index (χ3v) is 12.0. The molecular formula is C47H95N2O6P. The number of likely N-dealkylation sites (N-methyl/N-ethyl adjacent to an activating group) is 1. The number of nitrogens with one attached hydrogen (secondary N) is 1. The molecule has 334 valence electrons. The Morgan fingerprint density at radius 1 is 0.607 bits per heavy atom. The molecule has 0 aromatic rings. The van der Waals surface area contributed by atoms with Crippen molar-refractivity contribution >= 4 is 13.7 Å². The van der Waals surface area contributed by atoms with Crippen LogP contribution in [0.3, 0.4) is 0 Å². The molecule has 0 rings (SSSR count). The Hall–Kier alpha value is -0.760. The van der Waals surface area contributed by atoms with Crippen molar-refractivity contribution < 1.29 is 32.9 Å². The highest BCUT2D eigenvalue weighted by Gasteiger charge is 2.23. The summed E-state index contributed by atoms with van der Waals surface area (Å²) in [5.74, 6) is -0.195. The molecule has 0 aliphatic heterocycles. The minimum Gasteiger partial charge on any atom is -0.756 e. The van der Waals surface area contributed by atoms with Crippen molar-refractivity contribution in [1.82, 2.24) is 5.32 Å². The second kappa shape index (κ2) is 39.7. The van der Waals surface area contributed by atoms with Gasteiger partial charge in [0, 0.05) is 6.42 Å². The fourth-order valence-corrected chi connectivity index (χ4v) is 7.88. The highest BCUT2D eigenvalue weighted by Crippen LogP contribution is 2.38. The molecule has 0 bridgehead atoms. The number of amides is 1. The fourth-order valence-electron chi connectivity index (χ4n) is 7.15. The fraction of sp³-hybridized carbons (Fsp3) is 0.936. The number of carbonyl (C=O) groups is 1. The predicted octanol–water partition coefficient (Wildman–Crippen LogP) is 12.9. The van der Waals surface area contributed by atoms with E-state index in [0.717, 1.165) is 38.5 Å². The molecule has 8 nitrogen and oxygen atoms in total. The maximum atomic E-state index is 12.8. The number of aliphatic hydroxyl groups is 1. The smallest absolute Gasteiger partial charge is 0.268 e. The van der Waals surface area contributed by atoms with E-state index in [4.69, 9.17) is 9.05 Å². The lowest BCUT2D eigenvalue weighted by molar-refractivity contribution is -0.870. The number of hydrogen-bond donors (Lipinski definition) is 2. The Kier molecular flexibility index (Phi) is 39.1. The second-order valence-electron chi connectivity index (χ2n) is 17.8. The van der Waals surface area contributed by atoms with Gasteiger partial charge in [-0.15, -0.1) is 0 Å². The Balaban J connectivity index is 4.13. The summed E-state index contributed by atoms with van der Waals surface area (Å²) in [5.41, 5.74) is 0. The molecule has 1 unspecified atom stereocenters. The molecule has 0 spiro atoms. The molecule has 0 saturated heterocycles. The highest BCUT2D eigenvalue weighted by molar-refractivity contribution is 7.45. The van der Waals surface area contributed by atoms with Crippen LogP contribution in [0.2, 0.25) is 0 Å². The van der Waals surface area contributed by atoms with Gasteiger partial charge in [0.25, 0.3) is 7.82 Å². The molecular weight excluding hydrogens is 719 g/mol. The number of nitrogens with zero attached hydrogens (tertiary/aromatic N) is 1. The lowest BCUT2D eigenvalue weighted by atomic mass is 10.0. The average molecular weight is 815 g/mol. The summed E-state index contributed by atoms with van der Waals surface area (Å²) in [7, 11) is 1.27. The maximum absolute atomic E-state index is 12.8. The van der Waals surface area contributed by atoms with Crippen LogP contribution in [-0.4, -0.2) is 68.5 Å². The number of aliphatic hydroxyl groups excluding tert-OH is 1. The summed E-state index contributed by atoms with van der Waals surface area (Å²) in [6.07, 6.45) is 45.6. The minimum absolute atomic E-state index is 0.00191. The minimum atomic E-state index is -4.58. The number of rotatable bonds is 44. The van der Waals surface area contributed by atoms with Crippen molar-refractivity contribution in [3.63, 3.8) is 0 Å². The van der Waals surface area contributed by atoms with Crippen LogP contribution in [0.15, 0.2) is 12.2 Å². The normalized spacial score (nSPS) is 14.3. The lowest BCUT2D eigenvalue weighted by Gasteiger charge is -2.29. The number of phosphoric acid groups is 1. The number of unbranched alkanes of at least 4 members (excludes halogenated alkanes) is 31. The number of quaternary nitrogens is 1. The number of phosphoric ester groups is 1. The zero-order valence-electron chi connectivity index (χ0n) is 37.9. The molecule has 0 aliphatic rings. The summed E-state index contributed by atoms with van der Waals surface area (Å²) < 4.78 is 23.2. The Morgan fingerprint density at radius 2 is 0.964 bits per heavy atom. The van der Waals surface area contributed by atoms with Crippen molar-refractivity contribution in [1.29, 1.82) is 0 Å². The van der Waals surface area contributed by atoms with Gasteiger partial charge in [0.15, 0.2) is 0 Å². The third kappa shape index (κ3) is 41.4. The first-order valence-electron chi connectivity index (χ1n) is 24.1. The van der Waals surface area contributed by atoms with Crippen LogP contribution in [0, 0.1) is 0 Å². The predicted molar refractivity (Wildman–Crippen MR) is 238 cm³/mol. The van der Waals surface area contributed by atoms with E-state index in [1.807, 2.05) is 27.2 Å². The largest absolute Gasteiger partial charge is 0.756 e. The van der Waals surface area contributed by atoms with Gasteiger partial charge in [-0.1, -0.05) is 219 Å². The van der Waals surface area contributed by atoms with Gasteiger partial charge in [0.05, 0.1) is 39.9 Å². The van der Waals surface area contributed by atoms with Crippen LogP contribution in [0.25, 0.3) is 0 Å². The van der Waals surface area contributed by atoms with Gasteiger partial charge < -0.3 is 28.8 Å². The first kappa shape index (κ1) is 55.2. The van der Waals surface area contributed by atoms with E-state index in [-0.39, 0.29) is 19.1 Å². The van der Waals surface area contributed by atoms with E-state index >= 15 is 0 Å². The van der Waals surface area contributed by atoms with Gasteiger partial charge in [-0.3, -0.25) is 9.36 Å².